The first-order valence-electron chi connectivity index (χ1n) is 4.74. The SMILES string of the molecule is Cc1cc(C)c(C(=O)O)c2c1OCCO2. The topological polar surface area (TPSA) is 55.8 Å². The van der Waals surface area contributed by atoms with E-state index >= 15 is 0 Å². The van der Waals surface area contributed by atoms with Crippen LogP contribution in [0.2, 0.25) is 0 Å². The van der Waals surface area contributed by atoms with Gasteiger partial charge in [0.2, 0.25) is 0 Å². The van der Waals surface area contributed by atoms with Crippen LogP contribution in [-0.2, 0) is 0 Å². The minimum Gasteiger partial charge on any atom is -0.486 e. The third kappa shape index (κ3) is 1.52. The van der Waals surface area contributed by atoms with Crippen molar-refractivity contribution in [2.24, 2.45) is 0 Å². The second-order valence-electron chi connectivity index (χ2n) is 3.55. The summed E-state index contributed by atoms with van der Waals surface area (Å²) in [5.41, 5.74) is 1.81. The molecule has 0 atom stereocenters. The Morgan fingerprint density at radius 2 is 1.80 bits per heavy atom. The Labute approximate surface area is 87.4 Å². The lowest BCUT2D eigenvalue weighted by atomic mass is 10.0. The highest BCUT2D eigenvalue weighted by Gasteiger charge is 2.24. The molecule has 1 N–H and O–H groups in total. The number of ether oxygens (including phenoxy) is 2. The van der Waals surface area contributed by atoms with Crippen LogP contribution in [0.4, 0.5) is 0 Å². The number of carbonyl (C=O) groups is 1. The zero-order valence-electron chi connectivity index (χ0n) is 8.66. The van der Waals surface area contributed by atoms with Crippen LogP contribution in [0.1, 0.15) is 21.5 Å². The molecule has 0 saturated heterocycles. The van der Waals surface area contributed by atoms with Gasteiger partial charge in [0.05, 0.1) is 0 Å². The third-order valence-electron chi connectivity index (χ3n) is 2.41. The molecule has 0 bridgehead atoms. The van der Waals surface area contributed by atoms with E-state index in [2.05, 4.69) is 0 Å². The van der Waals surface area contributed by atoms with Crippen molar-refractivity contribution < 1.29 is 19.4 Å². The second kappa shape index (κ2) is 3.46. The molecule has 4 heteroatoms. The predicted molar refractivity (Wildman–Crippen MR) is 53.9 cm³/mol. The maximum Gasteiger partial charge on any atom is 0.339 e. The summed E-state index contributed by atoms with van der Waals surface area (Å²) in [6.07, 6.45) is 0. The van der Waals surface area contributed by atoms with Gasteiger partial charge in [-0.2, -0.15) is 0 Å². The van der Waals surface area contributed by atoms with Crippen molar-refractivity contribution in [2.45, 2.75) is 13.8 Å². The second-order valence-corrected chi connectivity index (χ2v) is 3.55. The van der Waals surface area contributed by atoms with E-state index in [0.717, 1.165) is 5.56 Å². The van der Waals surface area contributed by atoms with Gasteiger partial charge in [-0.3, -0.25) is 0 Å². The number of hydrogen-bond acceptors (Lipinski definition) is 3. The van der Waals surface area contributed by atoms with Gasteiger partial charge in [0.25, 0.3) is 0 Å². The number of aromatic carboxylic acids is 1. The molecule has 80 valence electrons. The smallest absolute Gasteiger partial charge is 0.339 e. The minimum atomic E-state index is -0.978. The van der Waals surface area contributed by atoms with E-state index in [9.17, 15) is 4.79 Å². The first kappa shape index (κ1) is 9.83. The number of carboxylic acids is 1. The van der Waals surface area contributed by atoms with Gasteiger partial charge in [-0.25, -0.2) is 4.79 Å². The molecule has 0 radical (unpaired) electrons. The van der Waals surface area contributed by atoms with Crippen LogP contribution in [0, 0.1) is 13.8 Å². The van der Waals surface area contributed by atoms with Crippen LogP contribution in [0.15, 0.2) is 6.07 Å². The number of hydrogen-bond donors (Lipinski definition) is 1. The predicted octanol–water partition coefficient (Wildman–Crippen LogP) is 1.77. The number of rotatable bonds is 1. The Balaban J connectivity index is 2.68. The van der Waals surface area contributed by atoms with E-state index < -0.39 is 5.97 Å². The summed E-state index contributed by atoms with van der Waals surface area (Å²) in [5.74, 6) is -0.0512. The maximum absolute atomic E-state index is 11.1. The highest BCUT2D eigenvalue weighted by molar-refractivity contribution is 5.94. The average molecular weight is 208 g/mol. The van der Waals surface area contributed by atoms with Crippen molar-refractivity contribution in [3.05, 3.63) is 22.8 Å². The fourth-order valence-electron chi connectivity index (χ4n) is 1.80. The fraction of sp³-hybridized carbons (Fsp3) is 0.364. The van der Waals surface area contributed by atoms with Gasteiger partial charge in [-0.1, -0.05) is 6.07 Å². The number of fused-ring (bicyclic) bond motifs is 1. The summed E-state index contributed by atoms with van der Waals surface area (Å²) in [4.78, 5) is 11.1. The van der Waals surface area contributed by atoms with Gasteiger partial charge in [-0.05, 0) is 25.0 Å². The summed E-state index contributed by atoms with van der Waals surface area (Å²) in [6, 6.07) is 1.80. The van der Waals surface area contributed by atoms with E-state index in [1.165, 1.54) is 0 Å². The molecular formula is C11H12O4. The molecule has 1 aliphatic heterocycles. The molecule has 0 amide bonds. The monoisotopic (exact) mass is 208 g/mol. The van der Waals surface area contributed by atoms with Crippen LogP contribution in [0.25, 0.3) is 0 Å². The summed E-state index contributed by atoms with van der Waals surface area (Å²) < 4.78 is 10.8. The summed E-state index contributed by atoms with van der Waals surface area (Å²) >= 11 is 0. The molecule has 1 aromatic rings. The lowest BCUT2D eigenvalue weighted by Crippen LogP contribution is -2.19. The molecule has 2 rings (SSSR count). The molecule has 0 aliphatic carbocycles. The number of carboxylic acid groups (broad SMARTS) is 1. The number of benzene rings is 1. The molecule has 0 aromatic heterocycles. The van der Waals surface area contributed by atoms with E-state index in [0.29, 0.717) is 30.3 Å². The third-order valence-corrected chi connectivity index (χ3v) is 2.41. The molecule has 0 unspecified atom stereocenters. The molecule has 15 heavy (non-hydrogen) atoms. The Morgan fingerprint density at radius 1 is 1.20 bits per heavy atom. The van der Waals surface area contributed by atoms with Crippen LogP contribution in [0.5, 0.6) is 11.5 Å². The molecule has 1 heterocycles. The molecule has 1 aromatic carbocycles. The van der Waals surface area contributed by atoms with E-state index in [-0.39, 0.29) is 5.56 Å². The lowest BCUT2D eigenvalue weighted by molar-refractivity contribution is 0.0685. The van der Waals surface area contributed by atoms with Gasteiger partial charge in [0, 0.05) is 0 Å². The Morgan fingerprint density at radius 3 is 2.40 bits per heavy atom. The normalized spacial score (nSPS) is 13.7. The van der Waals surface area contributed by atoms with Gasteiger partial charge >= 0.3 is 5.97 Å². The lowest BCUT2D eigenvalue weighted by Gasteiger charge is -2.22. The standard InChI is InChI=1S/C11H12O4/c1-6-5-7(2)9-10(8(6)11(12)13)15-4-3-14-9/h5H,3-4H2,1-2H3,(H,12,13). The fourth-order valence-corrected chi connectivity index (χ4v) is 1.80. The van der Waals surface area contributed by atoms with Crippen molar-refractivity contribution in [1.82, 2.24) is 0 Å². The highest BCUT2D eigenvalue weighted by atomic mass is 16.6. The Kier molecular flexibility index (Phi) is 2.26. The molecule has 0 saturated carbocycles. The quantitative estimate of drug-likeness (QED) is 0.764. The van der Waals surface area contributed by atoms with Crippen LogP contribution in [0.3, 0.4) is 0 Å². The van der Waals surface area contributed by atoms with Crippen molar-refractivity contribution in [1.29, 1.82) is 0 Å². The Bertz CT molecular complexity index is 423. The van der Waals surface area contributed by atoms with Gasteiger partial charge in [-0.15, -0.1) is 0 Å². The zero-order valence-corrected chi connectivity index (χ0v) is 8.66. The van der Waals surface area contributed by atoms with E-state index in [4.69, 9.17) is 14.6 Å². The van der Waals surface area contributed by atoms with Gasteiger partial charge in [0.1, 0.15) is 18.8 Å². The molecule has 4 nitrogen and oxygen atoms in total. The largest absolute Gasteiger partial charge is 0.486 e. The van der Waals surface area contributed by atoms with Crippen LogP contribution in [-0.4, -0.2) is 24.3 Å². The maximum atomic E-state index is 11.1. The van der Waals surface area contributed by atoms with Crippen molar-refractivity contribution in [3.8, 4) is 11.5 Å². The molecular weight excluding hydrogens is 196 g/mol. The summed E-state index contributed by atoms with van der Waals surface area (Å²) in [7, 11) is 0. The molecule has 1 aliphatic rings. The average Bonchev–Trinajstić information content (AvgIpc) is 2.17. The minimum absolute atomic E-state index is 0.204. The van der Waals surface area contributed by atoms with Crippen molar-refractivity contribution in [2.75, 3.05) is 13.2 Å². The Hall–Kier alpha value is -1.71. The van der Waals surface area contributed by atoms with Crippen molar-refractivity contribution >= 4 is 5.97 Å². The van der Waals surface area contributed by atoms with Gasteiger partial charge < -0.3 is 14.6 Å². The summed E-state index contributed by atoms with van der Waals surface area (Å²) in [6.45, 7) is 4.51. The van der Waals surface area contributed by atoms with E-state index in [1.807, 2.05) is 6.92 Å². The molecule has 0 fully saturated rings. The zero-order chi connectivity index (χ0) is 11.0. The first-order chi connectivity index (χ1) is 7.11. The van der Waals surface area contributed by atoms with Crippen LogP contribution >= 0.6 is 0 Å². The highest BCUT2D eigenvalue weighted by Crippen LogP contribution is 2.38. The molecule has 0 spiro atoms. The van der Waals surface area contributed by atoms with Gasteiger partial charge in [0.15, 0.2) is 11.5 Å². The summed E-state index contributed by atoms with van der Waals surface area (Å²) in [5, 5.41) is 9.08. The van der Waals surface area contributed by atoms with Crippen molar-refractivity contribution in [3.63, 3.8) is 0 Å². The van der Waals surface area contributed by atoms with E-state index in [1.54, 1.807) is 13.0 Å². The first-order valence-corrected chi connectivity index (χ1v) is 4.74. The number of aryl methyl sites for hydroxylation is 2. The van der Waals surface area contributed by atoms with Crippen LogP contribution < -0.4 is 9.47 Å².